The molecule has 2 aromatic carbocycles. The Morgan fingerprint density at radius 2 is 1.93 bits per heavy atom. The molecule has 0 amide bonds. The fourth-order valence-electron chi connectivity index (χ4n) is 3.69. The molecule has 8 nitrogen and oxygen atoms in total. The molecule has 0 fully saturated rings. The van der Waals surface area contributed by atoms with Gasteiger partial charge in [-0.1, -0.05) is 19.9 Å². The fraction of sp³-hybridized carbons (Fsp3) is 0.250. The maximum Gasteiger partial charge on any atom is 0.270 e. The zero-order valence-electron chi connectivity index (χ0n) is 16.1. The first kappa shape index (κ1) is 20.5. The molecule has 0 unspecified atom stereocenters. The van der Waals surface area contributed by atoms with Crippen molar-refractivity contribution in [3.8, 4) is 0 Å². The molecule has 0 saturated carbocycles. The average molecular weight is 493 g/mol. The summed E-state index contributed by atoms with van der Waals surface area (Å²) < 4.78 is 34.4. The van der Waals surface area contributed by atoms with Crippen LogP contribution < -0.4 is 4.72 Å². The molecule has 0 radical (unpaired) electrons. The van der Waals surface area contributed by atoms with E-state index in [1.807, 2.05) is 13.8 Å². The van der Waals surface area contributed by atoms with Crippen molar-refractivity contribution in [3.63, 3.8) is 0 Å². The van der Waals surface area contributed by atoms with E-state index in [4.69, 9.17) is 4.42 Å². The van der Waals surface area contributed by atoms with Crippen molar-refractivity contribution in [1.29, 1.82) is 0 Å². The van der Waals surface area contributed by atoms with Crippen LogP contribution in [0.25, 0.3) is 11.0 Å². The lowest BCUT2D eigenvalue weighted by Crippen LogP contribution is -2.25. The normalized spacial score (nSPS) is 15.8. The number of hydrogen-bond acceptors (Lipinski definition) is 6. The summed E-state index contributed by atoms with van der Waals surface area (Å²) in [5.41, 5.74) is 0.621. The number of nitrogens with one attached hydrogen (secondary N) is 1. The predicted octanol–water partition coefficient (Wildman–Crippen LogP) is 5.06. The van der Waals surface area contributed by atoms with Crippen LogP contribution in [0, 0.1) is 15.5 Å². The van der Waals surface area contributed by atoms with Crippen LogP contribution in [-0.4, -0.2) is 19.1 Å². The minimum absolute atomic E-state index is 0.0504. The number of sulfonamides is 1. The van der Waals surface area contributed by atoms with Gasteiger partial charge in [0.1, 0.15) is 11.3 Å². The minimum Gasteiger partial charge on any atom is -0.459 e. The van der Waals surface area contributed by atoms with Gasteiger partial charge in [-0.3, -0.25) is 19.6 Å². The standard InChI is InChI=1S/C20H17BrN2O6S/c1-20(2)9-16(24)18-14-6-11(7-15(21)19(14)29-17(18)10-20)22-30(27,28)13-5-3-4-12(8-13)23(25)26/h3-8,22H,9-10H2,1-2H3. The van der Waals surface area contributed by atoms with Gasteiger partial charge in [0.2, 0.25) is 0 Å². The van der Waals surface area contributed by atoms with E-state index in [2.05, 4.69) is 20.7 Å². The van der Waals surface area contributed by atoms with E-state index in [1.54, 1.807) is 6.07 Å². The zero-order valence-corrected chi connectivity index (χ0v) is 18.5. The van der Waals surface area contributed by atoms with Crippen LogP contribution in [0.4, 0.5) is 11.4 Å². The number of non-ortho nitro benzene ring substituents is 1. The van der Waals surface area contributed by atoms with Crippen LogP contribution in [0.15, 0.2) is 50.2 Å². The van der Waals surface area contributed by atoms with E-state index in [-0.39, 0.29) is 27.5 Å². The molecule has 1 heterocycles. The average Bonchev–Trinajstić information content (AvgIpc) is 2.99. The summed E-state index contributed by atoms with van der Waals surface area (Å²) in [5, 5.41) is 11.5. The largest absolute Gasteiger partial charge is 0.459 e. The van der Waals surface area contributed by atoms with E-state index in [9.17, 15) is 23.3 Å². The Bertz CT molecular complexity index is 1330. The van der Waals surface area contributed by atoms with Gasteiger partial charge in [0, 0.05) is 30.4 Å². The number of rotatable bonds is 4. The third-order valence-corrected chi connectivity index (χ3v) is 6.93. The number of nitrogens with zero attached hydrogens (tertiary/aromatic N) is 1. The van der Waals surface area contributed by atoms with Gasteiger partial charge in [0.25, 0.3) is 15.7 Å². The number of hydrogen-bond donors (Lipinski definition) is 1. The minimum atomic E-state index is -4.08. The third kappa shape index (κ3) is 3.61. The van der Waals surface area contributed by atoms with Crippen LogP contribution in [0.3, 0.4) is 0 Å². The third-order valence-electron chi connectivity index (χ3n) is 4.97. The maximum atomic E-state index is 12.8. The first-order valence-corrected chi connectivity index (χ1v) is 11.3. The lowest BCUT2D eigenvalue weighted by Gasteiger charge is -2.27. The summed E-state index contributed by atoms with van der Waals surface area (Å²) in [6, 6.07) is 7.86. The molecule has 0 bridgehead atoms. The molecule has 156 valence electrons. The molecule has 1 N–H and O–H groups in total. The smallest absolute Gasteiger partial charge is 0.270 e. The number of halogens is 1. The van der Waals surface area contributed by atoms with Crippen molar-refractivity contribution >= 4 is 54.1 Å². The summed E-state index contributed by atoms with van der Waals surface area (Å²) in [4.78, 5) is 22.8. The molecule has 0 aliphatic heterocycles. The Morgan fingerprint density at radius 1 is 1.20 bits per heavy atom. The van der Waals surface area contributed by atoms with Crippen LogP contribution in [0.1, 0.15) is 36.4 Å². The molecule has 1 aromatic heterocycles. The predicted molar refractivity (Wildman–Crippen MR) is 114 cm³/mol. The van der Waals surface area contributed by atoms with Crippen LogP contribution in [-0.2, 0) is 16.4 Å². The number of ketones is 1. The first-order valence-electron chi connectivity index (χ1n) is 9.02. The second-order valence-corrected chi connectivity index (χ2v) is 10.6. The van der Waals surface area contributed by atoms with Gasteiger partial charge in [0.05, 0.1) is 25.5 Å². The SMILES string of the molecule is CC1(C)CC(=O)c2c(oc3c(Br)cc(NS(=O)(=O)c4cccc([N+](=O)[O-])c4)cc23)C1. The van der Waals surface area contributed by atoms with Crippen LogP contribution in [0.2, 0.25) is 0 Å². The molecule has 10 heteroatoms. The fourth-order valence-corrected chi connectivity index (χ4v) is 5.32. The summed E-state index contributed by atoms with van der Waals surface area (Å²) in [5.74, 6) is 0.538. The number of furan rings is 1. The Morgan fingerprint density at radius 3 is 2.63 bits per heavy atom. The summed E-state index contributed by atoms with van der Waals surface area (Å²) in [7, 11) is -4.08. The van der Waals surface area contributed by atoms with Crippen molar-refractivity contribution in [2.75, 3.05) is 4.72 Å². The molecular formula is C20H17BrN2O6S. The second-order valence-electron chi connectivity index (χ2n) is 8.04. The van der Waals surface area contributed by atoms with Crippen molar-refractivity contribution in [3.05, 3.63) is 62.3 Å². The highest BCUT2D eigenvalue weighted by atomic mass is 79.9. The highest BCUT2D eigenvalue weighted by Crippen LogP contribution is 2.42. The van der Waals surface area contributed by atoms with E-state index in [0.717, 1.165) is 6.07 Å². The molecule has 1 aliphatic carbocycles. The van der Waals surface area contributed by atoms with Gasteiger partial charge in [0.15, 0.2) is 5.78 Å². The van der Waals surface area contributed by atoms with Crippen LogP contribution >= 0.6 is 15.9 Å². The number of benzene rings is 2. The summed E-state index contributed by atoms with van der Waals surface area (Å²) >= 11 is 3.39. The molecule has 0 atom stereocenters. The van der Waals surface area contributed by atoms with Crippen LogP contribution in [0.5, 0.6) is 0 Å². The van der Waals surface area contributed by atoms with E-state index in [1.165, 1.54) is 24.3 Å². The quantitative estimate of drug-likeness (QED) is 0.401. The Labute approximate surface area is 180 Å². The van der Waals surface area contributed by atoms with Gasteiger partial charge in [-0.05, 0) is 39.5 Å². The lowest BCUT2D eigenvalue weighted by molar-refractivity contribution is -0.385. The van der Waals surface area contributed by atoms with E-state index >= 15 is 0 Å². The van der Waals surface area contributed by atoms with Crippen molar-refractivity contribution in [1.82, 2.24) is 0 Å². The molecular weight excluding hydrogens is 476 g/mol. The molecule has 4 rings (SSSR count). The van der Waals surface area contributed by atoms with Gasteiger partial charge in [-0.25, -0.2) is 8.42 Å². The summed E-state index contributed by atoms with van der Waals surface area (Å²) in [6.07, 6.45) is 0.972. The van der Waals surface area contributed by atoms with E-state index in [0.29, 0.717) is 39.6 Å². The monoisotopic (exact) mass is 492 g/mol. The van der Waals surface area contributed by atoms with Gasteiger partial charge in [-0.2, -0.15) is 0 Å². The topological polar surface area (TPSA) is 120 Å². The molecule has 0 spiro atoms. The molecule has 1 aliphatic rings. The van der Waals surface area contributed by atoms with Crippen molar-refractivity contribution in [2.45, 2.75) is 31.6 Å². The number of nitro groups is 1. The Kier molecular flexibility index (Phi) is 4.74. The van der Waals surface area contributed by atoms with Crippen molar-refractivity contribution in [2.24, 2.45) is 5.41 Å². The van der Waals surface area contributed by atoms with Gasteiger partial charge < -0.3 is 4.42 Å². The highest BCUT2D eigenvalue weighted by Gasteiger charge is 2.35. The first-order chi connectivity index (χ1) is 14.0. The maximum absolute atomic E-state index is 12.8. The highest BCUT2D eigenvalue weighted by molar-refractivity contribution is 9.10. The number of Topliss-reactive ketones (excluding diaryl/α,β-unsaturated/α-hetero) is 1. The number of carbonyl (C=O) groups excluding carboxylic acids is 1. The summed E-state index contributed by atoms with van der Waals surface area (Å²) in [6.45, 7) is 3.99. The van der Waals surface area contributed by atoms with E-state index < -0.39 is 14.9 Å². The number of carbonyl (C=O) groups is 1. The zero-order chi connectivity index (χ0) is 21.8. The van der Waals surface area contributed by atoms with Gasteiger partial charge >= 0.3 is 0 Å². The number of fused-ring (bicyclic) bond motifs is 3. The molecule has 3 aromatic rings. The molecule has 30 heavy (non-hydrogen) atoms. The second kappa shape index (κ2) is 6.92. The van der Waals surface area contributed by atoms with Gasteiger partial charge in [-0.15, -0.1) is 0 Å². The molecule has 0 saturated heterocycles. The van der Waals surface area contributed by atoms with Crippen molar-refractivity contribution < 1.29 is 22.6 Å². The number of anilines is 1. The Balaban J connectivity index is 1.77. The lowest BCUT2D eigenvalue weighted by atomic mass is 9.76. The Hall–Kier alpha value is -2.72. The number of nitro benzene ring substituents is 1.